The minimum absolute atomic E-state index is 0.0431. The zero-order chi connectivity index (χ0) is 23.8. The number of hydrogen-bond acceptors (Lipinski definition) is 3. The SMILES string of the molecule is CCCc1cn2c(C(O)c3ccc(-c4ccccc4)c(C(=O)O)c3)cc(C(F)(F)F)cc2n1. The van der Waals surface area contributed by atoms with Crippen LogP contribution in [-0.4, -0.2) is 25.6 Å². The molecule has 2 heterocycles. The maximum atomic E-state index is 13.5. The Labute approximate surface area is 187 Å². The van der Waals surface area contributed by atoms with E-state index in [4.69, 9.17) is 0 Å². The first-order valence-corrected chi connectivity index (χ1v) is 10.4. The van der Waals surface area contributed by atoms with E-state index in [1.165, 1.54) is 16.5 Å². The van der Waals surface area contributed by atoms with Crippen molar-refractivity contribution in [3.63, 3.8) is 0 Å². The van der Waals surface area contributed by atoms with Gasteiger partial charge in [-0.25, -0.2) is 9.78 Å². The summed E-state index contributed by atoms with van der Waals surface area (Å²) >= 11 is 0. The van der Waals surface area contributed by atoms with E-state index < -0.39 is 23.8 Å². The second-order valence-corrected chi connectivity index (χ2v) is 7.76. The Morgan fingerprint density at radius 3 is 2.45 bits per heavy atom. The molecule has 0 amide bonds. The smallest absolute Gasteiger partial charge is 0.416 e. The number of pyridine rings is 1. The fourth-order valence-corrected chi connectivity index (χ4v) is 3.86. The number of aliphatic hydroxyl groups is 1. The van der Waals surface area contributed by atoms with Crippen molar-refractivity contribution in [2.24, 2.45) is 0 Å². The zero-order valence-electron chi connectivity index (χ0n) is 17.7. The molecule has 1 unspecified atom stereocenters. The molecule has 33 heavy (non-hydrogen) atoms. The average Bonchev–Trinajstić information content (AvgIpc) is 3.20. The molecule has 5 nitrogen and oxygen atoms in total. The highest BCUT2D eigenvalue weighted by Crippen LogP contribution is 2.35. The van der Waals surface area contributed by atoms with Gasteiger partial charge < -0.3 is 14.6 Å². The fourth-order valence-electron chi connectivity index (χ4n) is 3.86. The lowest BCUT2D eigenvalue weighted by Gasteiger charge is -2.18. The molecule has 0 spiro atoms. The Bertz CT molecular complexity index is 1310. The quantitative estimate of drug-likeness (QED) is 0.389. The van der Waals surface area contributed by atoms with Crippen LogP contribution in [0.25, 0.3) is 16.8 Å². The molecule has 0 saturated carbocycles. The molecule has 4 rings (SSSR count). The van der Waals surface area contributed by atoms with E-state index in [0.717, 1.165) is 18.6 Å². The predicted molar refractivity (Wildman–Crippen MR) is 117 cm³/mol. The Kier molecular flexibility index (Phi) is 5.95. The molecule has 0 fully saturated rings. The summed E-state index contributed by atoms with van der Waals surface area (Å²) in [6.45, 7) is 1.93. The highest BCUT2D eigenvalue weighted by atomic mass is 19.4. The summed E-state index contributed by atoms with van der Waals surface area (Å²) in [5, 5.41) is 20.8. The van der Waals surface area contributed by atoms with Crippen LogP contribution in [0.3, 0.4) is 0 Å². The van der Waals surface area contributed by atoms with Crippen molar-refractivity contribution >= 4 is 11.6 Å². The van der Waals surface area contributed by atoms with Gasteiger partial charge in [-0.05, 0) is 41.3 Å². The molecule has 1 atom stereocenters. The van der Waals surface area contributed by atoms with E-state index >= 15 is 0 Å². The number of benzene rings is 2. The lowest BCUT2D eigenvalue weighted by Crippen LogP contribution is -2.12. The average molecular weight is 454 g/mol. The first-order valence-electron chi connectivity index (χ1n) is 10.4. The summed E-state index contributed by atoms with van der Waals surface area (Å²) in [6.07, 6.45) is -3.18. The highest BCUT2D eigenvalue weighted by Gasteiger charge is 2.33. The normalized spacial score (nSPS) is 12.8. The van der Waals surface area contributed by atoms with E-state index in [9.17, 15) is 28.2 Å². The van der Waals surface area contributed by atoms with Crippen molar-refractivity contribution < 1.29 is 28.2 Å². The number of carbonyl (C=O) groups is 1. The molecule has 8 heteroatoms. The molecule has 2 aromatic heterocycles. The van der Waals surface area contributed by atoms with Gasteiger partial charge in [-0.15, -0.1) is 0 Å². The van der Waals surface area contributed by atoms with Crippen LogP contribution >= 0.6 is 0 Å². The summed E-state index contributed by atoms with van der Waals surface area (Å²) in [4.78, 5) is 16.2. The van der Waals surface area contributed by atoms with Gasteiger partial charge in [0.05, 0.1) is 22.5 Å². The zero-order valence-corrected chi connectivity index (χ0v) is 17.7. The number of carboxylic acids is 1. The number of aryl methyl sites for hydroxylation is 1. The van der Waals surface area contributed by atoms with E-state index in [1.807, 2.05) is 6.92 Å². The summed E-state index contributed by atoms with van der Waals surface area (Å²) in [5.74, 6) is -1.20. The number of nitrogens with zero attached hydrogens (tertiary/aromatic N) is 2. The van der Waals surface area contributed by atoms with Crippen LogP contribution in [0.4, 0.5) is 13.2 Å². The van der Waals surface area contributed by atoms with Gasteiger partial charge in [0.2, 0.25) is 0 Å². The molecule has 0 aliphatic heterocycles. The highest BCUT2D eigenvalue weighted by molar-refractivity contribution is 5.96. The van der Waals surface area contributed by atoms with Gasteiger partial charge in [0.1, 0.15) is 11.8 Å². The van der Waals surface area contributed by atoms with Gasteiger partial charge in [0, 0.05) is 6.20 Å². The summed E-state index contributed by atoms with van der Waals surface area (Å²) in [6, 6.07) is 15.1. The number of halogens is 3. The topological polar surface area (TPSA) is 74.8 Å². The van der Waals surface area contributed by atoms with Gasteiger partial charge in [0.15, 0.2) is 0 Å². The molecular weight excluding hydrogens is 433 g/mol. The van der Waals surface area contributed by atoms with Gasteiger partial charge in [-0.3, -0.25) is 0 Å². The molecule has 2 N–H and O–H groups in total. The minimum atomic E-state index is -4.63. The van der Waals surface area contributed by atoms with E-state index in [1.54, 1.807) is 42.6 Å². The number of imidazole rings is 1. The molecule has 0 radical (unpaired) electrons. The minimum Gasteiger partial charge on any atom is -0.478 e. The summed E-state index contributed by atoms with van der Waals surface area (Å²) in [5.41, 5.74) is 0.933. The molecule has 0 aliphatic rings. The predicted octanol–water partition coefficient (Wildman–Crippen LogP) is 5.75. The number of aliphatic hydroxyl groups excluding tert-OH is 1. The number of rotatable bonds is 6. The number of alkyl halides is 3. The first kappa shape index (κ1) is 22.5. The third-order valence-electron chi connectivity index (χ3n) is 5.44. The van der Waals surface area contributed by atoms with Crippen LogP contribution in [0.5, 0.6) is 0 Å². The summed E-state index contributed by atoms with van der Waals surface area (Å²) < 4.78 is 42.0. The van der Waals surface area contributed by atoms with Crippen LogP contribution < -0.4 is 0 Å². The van der Waals surface area contributed by atoms with Gasteiger partial charge in [-0.2, -0.15) is 13.2 Å². The largest absolute Gasteiger partial charge is 0.478 e. The van der Waals surface area contributed by atoms with Crippen molar-refractivity contribution in [2.45, 2.75) is 32.0 Å². The van der Waals surface area contributed by atoms with E-state index in [2.05, 4.69) is 4.98 Å². The molecular formula is C25H21F3N2O3. The molecule has 0 aliphatic carbocycles. The number of fused-ring (bicyclic) bond motifs is 1. The van der Waals surface area contributed by atoms with Crippen molar-refractivity contribution in [2.75, 3.05) is 0 Å². The second-order valence-electron chi connectivity index (χ2n) is 7.76. The van der Waals surface area contributed by atoms with Crippen molar-refractivity contribution in [3.8, 4) is 11.1 Å². The first-order chi connectivity index (χ1) is 15.7. The Morgan fingerprint density at radius 2 is 1.82 bits per heavy atom. The molecule has 2 aromatic carbocycles. The maximum Gasteiger partial charge on any atom is 0.416 e. The number of hydrogen-bond donors (Lipinski definition) is 2. The Hall–Kier alpha value is -3.65. The molecule has 0 saturated heterocycles. The monoisotopic (exact) mass is 454 g/mol. The third kappa shape index (κ3) is 4.47. The van der Waals surface area contributed by atoms with E-state index in [-0.39, 0.29) is 22.5 Å². The number of aromatic nitrogens is 2. The van der Waals surface area contributed by atoms with Crippen LogP contribution in [0.2, 0.25) is 0 Å². The second kappa shape index (κ2) is 8.71. The third-order valence-corrected chi connectivity index (χ3v) is 5.44. The Morgan fingerprint density at radius 1 is 1.09 bits per heavy atom. The molecule has 170 valence electrons. The van der Waals surface area contributed by atoms with Gasteiger partial charge >= 0.3 is 12.1 Å². The van der Waals surface area contributed by atoms with Crippen molar-refractivity contribution in [3.05, 3.63) is 94.9 Å². The van der Waals surface area contributed by atoms with Crippen LogP contribution in [-0.2, 0) is 12.6 Å². The lowest BCUT2D eigenvalue weighted by molar-refractivity contribution is -0.137. The fraction of sp³-hybridized carbons (Fsp3) is 0.200. The number of aromatic carboxylic acids is 1. The molecule has 0 bridgehead atoms. The van der Waals surface area contributed by atoms with Crippen molar-refractivity contribution in [1.29, 1.82) is 0 Å². The Balaban J connectivity index is 1.86. The van der Waals surface area contributed by atoms with Crippen molar-refractivity contribution in [1.82, 2.24) is 9.38 Å². The molecule has 4 aromatic rings. The van der Waals surface area contributed by atoms with Gasteiger partial charge in [0.25, 0.3) is 0 Å². The standard InChI is InChI=1S/C25H21F3N2O3/c1-2-6-18-14-30-21(12-17(25(26,27)28)13-22(30)29-18)23(31)16-9-10-19(20(11-16)24(32)33)15-7-4-3-5-8-15/h3-5,7-14,23,31H,2,6H2,1H3,(H,32,33). The lowest BCUT2D eigenvalue weighted by atomic mass is 9.94. The van der Waals surface area contributed by atoms with E-state index in [0.29, 0.717) is 23.2 Å². The number of carboxylic acid groups (broad SMARTS) is 1. The summed E-state index contributed by atoms with van der Waals surface area (Å²) in [7, 11) is 0. The van der Waals surface area contributed by atoms with Crippen LogP contribution in [0.15, 0.2) is 66.9 Å². The maximum absolute atomic E-state index is 13.5. The van der Waals surface area contributed by atoms with Gasteiger partial charge in [-0.1, -0.05) is 55.8 Å². The van der Waals surface area contributed by atoms with Crippen LogP contribution in [0.1, 0.15) is 52.3 Å². The van der Waals surface area contributed by atoms with Crippen LogP contribution in [0, 0.1) is 0 Å².